The molecule has 2 aliphatic rings. The van der Waals surface area contributed by atoms with E-state index in [1.54, 1.807) is 6.20 Å². The van der Waals surface area contributed by atoms with Crippen molar-refractivity contribution < 1.29 is 0 Å². The third-order valence-corrected chi connectivity index (χ3v) is 6.51. The van der Waals surface area contributed by atoms with Crippen molar-refractivity contribution in [1.82, 2.24) is 25.2 Å². The van der Waals surface area contributed by atoms with Gasteiger partial charge in [0.1, 0.15) is 0 Å². The fourth-order valence-electron chi connectivity index (χ4n) is 4.75. The van der Waals surface area contributed by atoms with Crippen LogP contribution in [-0.2, 0) is 0 Å². The number of aromatic nitrogens is 3. The Balaban J connectivity index is 1.35. The molecule has 3 aromatic rings. The Morgan fingerprint density at radius 2 is 2.00 bits per heavy atom. The molecule has 0 radical (unpaired) electrons. The second-order valence-corrected chi connectivity index (χ2v) is 8.49. The van der Waals surface area contributed by atoms with Crippen molar-refractivity contribution in [2.75, 3.05) is 31.5 Å². The van der Waals surface area contributed by atoms with Gasteiger partial charge >= 0.3 is 0 Å². The normalized spacial score (nSPS) is 23.3. The molecule has 3 N–H and O–H groups in total. The van der Waals surface area contributed by atoms with Crippen molar-refractivity contribution >= 4 is 28.5 Å². The number of hydrogen-bond donors (Lipinski definition) is 3. The molecular formula is C22H27ClN6. The number of H-pyrrole nitrogens is 1. The van der Waals surface area contributed by atoms with Crippen LogP contribution in [0.25, 0.3) is 22.2 Å². The van der Waals surface area contributed by atoms with Gasteiger partial charge in [-0.1, -0.05) is 29.8 Å². The third-order valence-electron chi connectivity index (χ3n) is 6.24. The summed E-state index contributed by atoms with van der Waals surface area (Å²) in [4.78, 5) is 15.2. The lowest BCUT2D eigenvalue weighted by Gasteiger charge is -2.39. The second-order valence-electron chi connectivity index (χ2n) is 8.09. The maximum absolute atomic E-state index is 6.48. The van der Waals surface area contributed by atoms with Crippen molar-refractivity contribution in [3.63, 3.8) is 0 Å². The monoisotopic (exact) mass is 410 g/mol. The summed E-state index contributed by atoms with van der Waals surface area (Å²) < 4.78 is 0. The zero-order valence-electron chi connectivity index (χ0n) is 16.5. The summed E-state index contributed by atoms with van der Waals surface area (Å²) in [5.74, 6) is 0.667. The van der Waals surface area contributed by atoms with Crippen molar-refractivity contribution in [1.29, 1.82) is 0 Å². The molecule has 2 aromatic heterocycles. The highest BCUT2D eigenvalue weighted by Crippen LogP contribution is 2.33. The number of nitrogens with zero attached hydrogens (tertiary/aromatic N) is 3. The van der Waals surface area contributed by atoms with Crippen LogP contribution in [0.5, 0.6) is 0 Å². The summed E-state index contributed by atoms with van der Waals surface area (Å²) in [6.07, 6.45) is 8.54. The van der Waals surface area contributed by atoms with Crippen LogP contribution in [0.2, 0.25) is 5.02 Å². The highest BCUT2D eigenvalue weighted by Gasteiger charge is 2.28. The standard InChI is InChI=1S/C22H27ClN6/c23-19-14-26-22(28-21(19)18-13-25-20-7-2-1-6-17(18)20)27-15-4-3-5-16(12-15)29-10-8-24-9-11-29/h1-2,6-7,13-16,24-25H,3-5,8-12H2,(H,26,27,28)/t15-,16+/m1/s1. The van der Waals surface area contributed by atoms with E-state index in [1.165, 1.54) is 12.8 Å². The smallest absolute Gasteiger partial charge is 0.223 e. The van der Waals surface area contributed by atoms with E-state index in [2.05, 4.69) is 37.6 Å². The SMILES string of the molecule is Clc1cnc(N[C@@H]2CCC[C@H](N3CCNCC3)C2)nc1-c1c[nH]c2ccccc12. The molecule has 2 fully saturated rings. The van der Waals surface area contributed by atoms with E-state index in [0.29, 0.717) is 23.1 Å². The average molecular weight is 411 g/mol. The lowest BCUT2D eigenvalue weighted by Crippen LogP contribution is -2.50. The molecule has 7 heteroatoms. The molecule has 1 aliphatic carbocycles. The summed E-state index contributed by atoms with van der Waals surface area (Å²) in [6, 6.07) is 9.27. The molecule has 0 amide bonds. The molecule has 152 valence electrons. The number of piperazine rings is 1. The van der Waals surface area contributed by atoms with Crippen molar-refractivity contribution in [2.24, 2.45) is 0 Å². The third kappa shape index (κ3) is 3.97. The van der Waals surface area contributed by atoms with E-state index in [-0.39, 0.29) is 0 Å². The molecule has 1 saturated carbocycles. The molecule has 0 spiro atoms. The Kier molecular flexibility index (Phi) is 5.40. The van der Waals surface area contributed by atoms with Crippen molar-refractivity contribution in [3.05, 3.63) is 41.7 Å². The van der Waals surface area contributed by atoms with Gasteiger partial charge in [0.05, 0.1) is 16.9 Å². The predicted octanol–water partition coefficient (Wildman–Crippen LogP) is 3.91. The van der Waals surface area contributed by atoms with Crippen LogP contribution in [0.1, 0.15) is 25.7 Å². The molecule has 1 saturated heterocycles. The number of hydrogen-bond acceptors (Lipinski definition) is 5. The van der Waals surface area contributed by atoms with Gasteiger partial charge in [0.2, 0.25) is 5.95 Å². The highest BCUT2D eigenvalue weighted by atomic mass is 35.5. The molecule has 6 nitrogen and oxygen atoms in total. The van der Waals surface area contributed by atoms with Gasteiger partial charge in [-0.2, -0.15) is 0 Å². The summed E-state index contributed by atoms with van der Waals surface area (Å²) in [6.45, 7) is 4.50. The Bertz CT molecular complexity index is 980. The first-order valence-electron chi connectivity index (χ1n) is 10.6. The minimum Gasteiger partial charge on any atom is -0.360 e. The Morgan fingerprint density at radius 3 is 2.90 bits per heavy atom. The van der Waals surface area contributed by atoms with E-state index in [9.17, 15) is 0 Å². The average Bonchev–Trinajstić information content (AvgIpc) is 3.20. The van der Waals surface area contributed by atoms with E-state index < -0.39 is 0 Å². The zero-order chi connectivity index (χ0) is 19.6. The van der Waals surface area contributed by atoms with E-state index >= 15 is 0 Å². The molecule has 1 aliphatic heterocycles. The van der Waals surface area contributed by atoms with Gasteiger partial charge in [0, 0.05) is 60.9 Å². The van der Waals surface area contributed by atoms with Crippen LogP contribution in [0.15, 0.2) is 36.7 Å². The number of halogens is 1. The summed E-state index contributed by atoms with van der Waals surface area (Å²) in [7, 11) is 0. The zero-order valence-corrected chi connectivity index (χ0v) is 17.3. The minimum absolute atomic E-state index is 0.403. The lowest BCUT2D eigenvalue weighted by molar-refractivity contribution is 0.134. The fraction of sp³-hybridized carbons (Fsp3) is 0.455. The van der Waals surface area contributed by atoms with E-state index in [0.717, 1.165) is 61.2 Å². The molecule has 0 bridgehead atoms. The maximum atomic E-state index is 6.48. The summed E-state index contributed by atoms with van der Waals surface area (Å²) in [5.41, 5.74) is 2.87. The molecule has 0 unspecified atom stereocenters. The number of fused-ring (bicyclic) bond motifs is 1. The molecule has 3 heterocycles. The van der Waals surface area contributed by atoms with Gasteiger partial charge in [0.25, 0.3) is 0 Å². The first-order chi connectivity index (χ1) is 14.3. The van der Waals surface area contributed by atoms with Crippen LogP contribution in [0.4, 0.5) is 5.95 Å². The number of nitrogens with one attached hydrogen (secondary N) is 3. The van der Waals surface area contributed by atoms with Crippen LogP contribution >= 0.6 is 11.6 Å². The van der Waals surface area contributed by atoms with Gasteiger partial charge in [-0.15, -0.1) is 0 Å². The Morgan fingerprint density at radius 1 is 1.14 bits per heavy atom. The molecule has 1 aromatic carbocycles. The highest BCUT2D eigenvalue weighted by molar-refractivity contribution is 6.33. The van der Waals surface area contributed by atoms with Crippen LogP contribution in [0, 0.1) is 0 Å². The van der Waals surface area contributed by atoms with Gasteiger partial charge < -0.3 is 15.6 Å². The number of benzene rings is 1. The number of aromatic amines is 1. The summed E-state index contributed by atoms with van der Waals surface area (Å²) in [5, 5.41) is 8.74. The van der Waals surface area contributed by atoms with Crippen molar-refractivity contribution in [2.45, 2.75) is 37.8 Å². The van der Waals surface area contributed by atoms with Crippen molar-refractivity contribution in [3.8, 4) is 11.3 Å². The van der Waals surface area contributed by atoms with E-state index in [4.69, 9.17) is 16.6 Å². The van der Waals surface area contributed by atoms with Crippen LogP contribution in [-0.4, -0.2) is 58.1 Å². The minimum atomic E-state index is 0.403. The largest absolute Gasteiger partial charge is 0.360 e. The molecule has 29 heavy (non-hydrogen) atoms. The first-order valence-corrected chi connectivity index (χ1v) is 11.0. The summed E-state index contributed by atoms with van der Waals surface area (Å²) >= 11 is 6.48. The molecule has 5 rings (SSSR count). The number of anilines is 1. The Hall–Kier alpha value is -2.15. The molecular weight excluding hydrogens is 384 g/mol. The van der Waals surface area contributed by atoms with Gasteiger partial charge in [0.15, 0.2) is 0 Å². The molecule has 2 atom stereocenters. The Labute approximate surface area is 176 Å². The first kappa shape index (κ1) is 18.9. The fourth-order valence-corrected chi connectivity index (χ4v) is 4.94. The van der Waals surface area contributed by atoms with Gasteiger partial charge in [-0.25, -0.2) is 9.97 Å². The number of para-hydroxylation sites is 1. The van der Waals surface area contributed by atoms with E-state index in [1.807, 2.05) is 18.3 Å². The predicted molar refractivity (Wildman–Crippen MR) is 118 cm³/mol. The van der Waals surface area contributed by atoms with Gasteiger partial charge in [-0.05, 0) is 31.7 Å². The van der Waals surface area contributed by atoms with Crippen LogP contribution in [0.3, 0.4) is 0 Å². The topological polar surface area (TPSA) is 68.9 Å². The van der Waals surface area contributed by atoms with Gasteiger partial charge in [-0.3, -0.25) is 4.90 Å². The van der Waals surface area contributed by atoms with Crippen LogP contribution < -0.4 is 10.6 Å². The second kappa shape index (κ2) is 8.30. The lowest BCUT2D eigenvalue weighted by atomic mass is 9.89. The quantitative estimate of drug-likeness (QED) is 0.608. The number of rotatable bonds is 4. The maximum Gasteiger partial charge on any atom is 0.223 e.